The molecule has 0 aliphatic heterocycles. The van der Waals surface area contributed by atoms with Crippen LogP contribution in [0.1, 0.15) is 98.8 Å². The maximum atomic E-state index is 12.1. The molecule has 30 heavy (non-hydrogen) atoms. The largest absolute Gasteiger partial charge is 0.479 e. The lowest BCUT2D eigenvalue weighted by molar-refractivity contribution is -0.309. The van der Waals surface area contributed by atoms with Gasteiger partial charge in [-0.05, 0) is 45.4 Å². The molecule has 0 spiro atoms. The first-order valence-electron chi connectivity index (χ1n) is 11.3. The Balaban J connectivity index is 4.40. The van der Waals surface area contributed by atoms with Gasteiger partial charge < -0.3 is 5.11 Å². The number of carbonyl (C=O) groups excluding carboxylic acids is 2. The van der Waals surface area contributed by atoms with Gasteiger partial charge in [0.1, 0.15) is 6.10 Å². The van der Waals surface area contributed by atoms with Crippen molar-refractivity contribution in [2.45, 2.75) is 111 Å². The Labute approximate surface area is 180 Å². The molecule has 0 aromatic heterocycles. The van der Waals surface area contributed by atoms with Crippen LogP contribution in [0.15, 0.2) is 0 Å². The van der Waals surface area contributed by atoms with E-state index in [1.54, 1.807) is 6.92 Å². The third-order valence-corrected chi connectivity index (χ3v) is 5.12. The van der Waals surface area contributed by atoms with Crippen LogP contribution in [0.2, 0.25) is 0 Å². The van der Waals surface area contributed by atoms with E-state index in [1.807, 2.05) is 20.8 Å². The van der Waals surface area contributed by atoms with E-state index in [4.69, 9.17) is 19.6 Å². The molecule has 0 radical (unpaired) electrons. The van der Waals surface area contributed by atoms with Gasteiger partial charge in [-0.2, -0.15) is 9.78 Å². The molecule has 176 valence electrons. The highest BCUT2D eigenvalue weighted by atomic mass is 17.2. The molecule has 0 amide bonds. The van der Waals surface area contributed by atoms with Crippen molar-refractivity contribution in [2.24, 2.45) is 11.8 Å². The smallest absolute Gasteiger partial charge is 0.345 e. The Morgan fingerprint density at radius 1 is 0.733 bits per heavy atom. The molecule has 0 rings (SSSR count). The Bertz CT molecular complexity index is 494. The summed E-state index contributed by atoms with van der Waals surface area (Å²) in [6.45, 7) is 9.56. The summed E-state index contributed by atoms with van der Waals surface area (Å²) >= 11 is 0. The fourth-order valence-electron chi connectivity index (χ4n) is 2.90. The molecule has 0 aliphatic carbocycles. The summed E-state index contributed by atoms with van der Waals surface area (Å²) < 4.78 is 0. The highest BCUT2D eigenvalue weighted by Crippen LogP contribution is 2.18. The molecule has 8 heteroatoms. The van der Waals surface area contributed by atoms with E-state index in [2.05, 4.69) is 6.92 Å². The lowest BCUT2D eigenvalue weighted by Gasteiger charge is -2.18. The second kappa shape index (κ2) is 17.1. The van der Waals surface area contributed by atoms with E-state index in [0.29, 0.717) is 19.3 Å². The van der Waals surface area contributed by atoms with Crippen LogP contribution < -0.4 is 0 Å². The van der Waals surface area contributed by atoms with Crippen molar-refractivity contribution in [3.8, 4) is 0 Å². The number of carboxylic acids is 1. The lowest BCUT2D eigenvalue weighted by atomic mass is 10.00. The van der Waals surface area contributed by atoms with Crippen LogP contribution in [0.3, 0.4) is 0 Å². The highest BCUT2D eigenvalue weighted by Gasteiger charge is 2.26. The molecule has 0 bridgehead atoms. The predicted octanol–water partition coefficient (Wildman–Crippen LogP) is 4.99. The molecule has 0 saturated heterocycles. The van der Waals surface area contributed by atoms with Crippen LogP contribution in [0.5, 0.6) is 0 Å². The predicted molar refractivity (Wildman–Crippen MR) is 111 cm³/mol. The zero-order chi connectivity index (χ0) is 22.9. The van der Waals surface area contributed by atoms with Gasteiger partial charge in [0.05, 0.1) is 11.8 Å². The van der Waals surface area contributed by atoms with E-state index in [9.17, 15) is 19.5 Å². The number of hydrogen-bond acceptors (Lipinski definition) is 7. The second-order valence-electron chi connectivity index (χ2n) is 7.71. The molecule has 0 heterocycles. The number of aliphatic carboxylic acids is 1. The Morgan fingerprint density at radius 2 is 1.20 bits per heavy atom. The van der Waals surface area contributed by atoms with Crippen molar-refractivity contribution >= 4 is 17.9 Å². The van der Waals surface area contributed by atoms with Crippen LogP contribution in [0.4, 0.5) is 0 Å². The number of carbonyl (C=O) groups is 3. The molecule has 8 nitrogen and oxygen atoms in total. The van der Waals surface area contributed by atoms with Crippen LogP contribution in [-0.4, -0.2) is 35.2 Å². The first kappa shape index (κ1) is 28.3. The van der Waals surface area contributed by atoms with Crippen molar-refractivity contribution < 1.29 is 39.0 Å². The Hall–Kier alpha value is -1.67. The summed E-state index contributed by atoms with van der Waals surface area (Å²) in [5.41, 5.74) is 0. The third-order valence-electron chi connectivity index (χ3n) is 5.12. The molecule has 0 aliphatic rings. The summed E-state index contributed by atoms with van der Waals surface area (Å²) in [6, 6.07) is 0. The fraction of sp³-hybridized carbons (Fsp3) is 0.864. The summed E-state index contributed by atoms with van der Waals surface area (Å²) in [5, 5.41) is 9.30. The molecule has 0 aromatic rings. The number of unbranched alkanes of at least 4 members (excludes halogenated alkanes) is 2. The van der Waals surface area contributed by atoms with Gasteiger partial charge in [-0.1, -0.05) is 53.4 Å². The van der Waals surface area contributed by atoms with Crippen molar-refractivity contribution in [2.75, 3.05) is 0 Å². The Kier molecular flexibility index (Phi) is 16.1. The van der Waals surface area contributed by atoms with Gasteiger partial charge in [-0.3, -0.25) is 9.78 Å². The van der Waals surface area contributed by atoms with Gasteiger partial charge in [0, 0.05) is 0 Å². The van der Waals surface area contributed by atoms with E-state index >= 15 is 0 Å². The first-order chi connectivity index (χ1) is 14.3. The normalized spacial score (nSPS) is 15.1. The summed E-state index contributed by atoms with van der Waals surface area (Å²) in [6.07, 6.45) is 4.96. The minimum atomic E-state index is -1.31. The number of hydrogen-bond donors (Lipinski definition) is 1. The van der Waals surface area contributed by atoms with Gasteiger partial charge in [0.2, 0.25) is 6.10 Å². The minimum Gasteiger partial charge on any atom is -0.479 e. The zero-order valence-electron chi connectivity index (χ0n) is 19.2. The van der Waals surface area contributed by atoms with Gasteiger partial charge in [-0.15, -0.1) is 0 Å². The quantitative estimate of drug-likeness (QED) is 0.238. The summed E-state index contributed by atoms with van der Waals surface area (Å²) in [5.74, 6) is -2.70. The van der Waals surface area contributed by atoms with Gasteiger partial charge in [-0.25, -0.2) is 14.4 Å². The summed E-state index contributed by atoms with van der Waals surface area (Å²) in [7, 11) is 0. The molecule has 0 saturated carbocycles. The number of carboxylic acid groups (broad SMARTS) is 1. The van der Waals surface area contributed by atoms with E-state index in [1.165, 1.54) is 0 Å². The van der Waals surface area contributed by atoms with Crippen LogP contribution in [0, 0.1) is 11.8 Å². The fourth-order valence-corrected chi connectivity index (χ4v) is 2.90. The highest BCUT2D eigenvalue weighted by molar-refractivity contribution is 5.73. The molecule has 4 unspecified atom stereocenters. The van der Waals surface area contributed by atoms with Crippen molar-refractivity contribution in [1.29, 1.82) is 0 Å². The average molecular weight is 433 g/mol. The summed E-state index contributed by atoms with van der Waals surface area (Å²) in [4.78, 5) is 55.2. The van der Waals surface area contributed by atoms with Gasteiger partial charge in [0.25, 0.3) is 0 Å². The minimum absolute atomic E-state index is 0.0418. The maximum Gasteiger partial charge on any atom is 0.345 e. The Morgan fingerprint density at radius 3 is 1.60 bits per heavy atom. The van der Waals surface area contributed by atoms with Crippen LogP contribution in [0.25, 0.3) is 0 Å². The second-order valence-corrected chi connectivity index (χ2v) is 7.71. The van der Waals surface area contributed by atoms with Crippen molar-refractivity contribution in [1.82, 2.24) is 0 Å². The van der Waals surface area contributed by atoms with Crippen molar-refractivity contribution in [3.63, 3.8) is 0 Å². The molecular weight excluding hydrogens is 392 g/mol. The molecule has 4 atom stereocenters. The average Bonchev–Trinajstić information content (AvgIpc) is 2.72. The zero-order valence-corrected chi connectivity index (χ0v) is 19.2. The van der Waals surface area contributed by atoms with Gasteiger partial charge in [0.15, 0.2) is 0 Å². The van der Waals surface area contributed by atoms with Crippen molar-refractivity contribution in [3.05, 3.63) is 0 Å². The van der Waals surface area contributed by atoms with Crippen LogP contribution in [-0.2, 0) is 33.9 Å². The molecular formula is C22H40O8. The SMILES string of the molecule is CCCCC(CC)C(=O)OOC(C)CCC(OOC(=O)C(CC)CCCC)C(=O)O. The first-order valence-corrected chi connectivity index (χ1v) is 11.3. The number of rotatable bonds is 18. The van der Waals surface area contributed by atoms with E-state index in [0.717, 1.165) is 32.1 Å². The molecule has 0 fully saturated rings. The lowest BCUT2D eigenvalue weighted by Crippen LogP contribution is -2.29. The van der Waals surface area contributed by atoms with E-state index in [-0.39, 0.29) is 24.7 Å². The van der Waals surface area contributed by atoms with E-state index < -0.39 is 30.1 Å². The third kappa shape index (κ3) is 12.1. The van der Waals surface area contributed by atoms with Gasteiger partial charge >= 0.3 is 17.9 Å². The monoisotopic (exact) mass is 432 g/mol. The molecule has 1 N–H and O–H groups in total. The molecule has 0 aromatic carbocycles. The standard InChI is InChI=1S/C22H40O8/c1-6-10-12-17(8-3)21(25)29-27-16(5)14-15-19(20(23)24)28-30-22(26)18(9-4)13-11-7-2/h16-19H,6-15H2,1-5H3,(H,23,24). The topological polar surface area (TPSA) is 108 Å². The van der Waals surface area contributed by atoms with Crippen LogP contribution >= 0.6 is 0 Å². The maximum absolute atomic E-state index is 12.1.